The van der Waals surface area contributed by atoms with Gasteiger partial charge >= 0.3 is 11.7 Å². The number of ether oxygens (including phenoxy) is 1. The van der Waals surface area contributed by atoms with Gasteiger partial charge in [-0.05, 0) is 12.5 Å². The second-order valence-electron chi connectivity index (χ2n) is 6.59. The number of carbonyl (C=O) groups is 1. The summed E-state index contributed by atoms with van der Waals surface area (Å²) in [4.78, 5) is 25.6. The van der Waals surface area contributed by atoms with Crippen molar-refractivity contribution in [2.75, 3.05) is 11.6 Å². The number of nitrogens with zero attached hydrogens (tertiary/aromatic N) is 2. The van der Waals surface area contributed by atoms with Crippen LogP contribution in [-0.4, -0.2) is 43.7 Å². The monoisotopic (exact) mass is 437 g/mol. The van der Waals surface area contributed by atoms with Gasteiger partial charge in [-0.3, -0.25) is 9.36 Å². The molecule has 0 bridgehead atoms. The van der Waals surface area contributed by atoms with Crippen LogP contribution in [0.2, 0.25) is 0 Å². The number of anilines is 1. The quantitative estimate of drug-likeness (QED) is 0.326. The third kappa shape index (κ3) is 5.37. The van der Waals surface area contributed by atoms with Crippen LogP contribution in [0.4, 0.5) is 10.2 Å². The molecule has 2 heterocycles. The SMILES string of the molecule is CCCCCCCC(=O)OS[C@@]1(CCl)O[C@@H](n2ccc(N)nc2=O)[C@H](F)[C@@H]1O. The first-order chi connectivity index (χ1) is 13.3. The maximum Gasteiger partial charge on any atom is 0.351 e. The van der Waals surface area contributed by atoms with E-state index in [4.69, 9.17) is 26.3 Å². The number of aromatic nitrogens is 2. The predicted molar refractivity (Wildman–Crippen MR) is 104 cm³/mol. The number of hydrogen-bond donors (Lipinski definition) is 2. The molecule has 1 aliphatic rings. The van der Waals surface area contributed by atoms with Crippen LogP contribution in [0.5, 0.6) is 0 Å². The summed E-state index contributed by atoms with van der Waals surface area (Å²) in [5, 5.41) is 10.3. The normalized spacial score (nSPS) is 27.1. The molecule has 1 aromatic heterocycles. The fourth-order valence-electron chi connectivity index (χ4n) is 2.80. The number of carbonyl (C=O) groups excluding carboxylic acids is 1. The van der Waals surface area contributed by atoms with E-state index in [2.05, 4.69) is 11.9 Å². The standard InChI is InChI=1S/C17H25ClFN3O5S/c1-2-3-4-5-6-7-12(23)27-28-17(10-18)14(24)13(19)15(26-17)22-9-8-11(20)21-16(22)25/h8-9,13-15,24H,2-7,10H2,1H3,(H2,20,21,25)/t13-,14+,15-,17-/m1/s1. The lowest BCUT2D eigenvalue weighted by atomic mass is 10.1. The fraction of sp³-hybridized carbons (Fsp3) is 0.706. The number of unbranched alkanes of at least 4 members (excludes halogenated alkanes) is 4. The third-order valence-corrected chi connectivity index (χ3v) is 6.01. The first-order valence-electron chi connectivity index (χ1n) is 9.13. The highest BCUT2D eigenvalue weighted by molar-refractivity contribution is 7.96. The van der Waals surface area contributed by atoms with E-state index < -0.39 is 35.1 Å². The van der Waals surface area contributed by atoms with E-state index in [-0.39, 0.29) is 18.1 Å². The Balaban J connectivity index is 1.99. The summed E-state index contributed by atoms with van der Waals surface area (Å²) in [7, 11) is 0. The average Bonchev–Trinajstić information content (AvgIpc) is 2.92. The molecule has 2 rings (SSSR count). The van der Waals surface area contributed by atoms with Crippen LogP contribution < -0.4 is 11.4 Å². The molecule has 1 saturated heterocycles. The highest BCUT2D eigenvalue weighted by Gasteiger charge is 2.58. The molecule has 8 nitrogen and oxygen atoms in total. The highest BCUT2D eigenvalue weighted by atomic mass is 35.5. The van der Waals surface area contributed by atoms with Crippen LogP contribution in [0.15, 0.2) is 17.1 Å². The van der Waals surface area contributed by atoms with Crippen molar-refractivity contribution in [1.29, 1.82) is 0 Å². The Morgan fingerprint density at radius 1 is 1.50 bits per heavy atom. The molecular formula is C17H25ClFN3O5S. The van der Waals surface area contributed by atoms with Crippen molar-refractivity contribution in [2.24, 2.45) is 0 Å². The lowest BCUT2D eigenvalue weighted by molar-refractivity contribution is -0.133. The molecule has 0 amide bonds. The van der Waals surface area contributed by atoms with Gasteiger partial charge < -0.3 is 19.8 Å². The van der Waals surface area contributed by atoms with Gasteiger partial charge in [-0.2, -0.15) is 4.98 Å². The molecule has 28 heavy (non-hydrogen) atoms. The van der Waals surface area contributed by atoms with Gasteiger partial charge in [-0.1, -0.05) is 32.6 Å². The Morgan fingerprint density at radius 2 is 2.21 bits per heavy atom. The maximum atomic E-state index is 14.7. The van der Waals surface area contributed by atoms with E-state index in [0.29, 0.717) is 18.5 Å². The molecule has 0 unspecified atom stereocenters. The molecule has 0 saturated carbocycles. The molecule has 3 N–H and O–H groups in total. The first-order valence-corrected chi connectivity index (χ1v) is 10.4. The topological polar surface area (TPSA) is 117 Å². The molecule has 11 heteroatoms. The van der Waals surface area contributed by atoms with E-state index in [0.717, 1.165) is 30.3 Å². The van der Waals surface area contributed by atoms with Crippen LogP contribution in [0, 0.1) is 0 Å². The molecule has 0 aromatic carbocycles. The van der Waals surface area contributed by atoms with Gasteiger partial charge in [0.25, 0.3) is 0 Å². The average molecular weight is 438 g/mol. The lowest BCUT2D eigenvalue weighted by Gasteiger charge is -2.26. The highest BCUT2D eigenvalue weighted by Crippen LogP contribution is 2.46. The Morgan fingerprint density at radius 3 is 2.86 bits per heavy atom. The Labute approximate surface area is 171 Å². The number of nitrogens with two attached hydrogens (primary N) is 1. The summed E-state index contributed by atoms with van der Waals surface area (Å²) in [6.45, 7) is 2.10. The van der Waals surface area contributed by atoms with Gasteiger partial charge in [0.2, 0.25) is 0 Å². The van der Waals surface area contributed by atoms with Gasteiger partial charge in [-0.15, -0.1) is 11.6 Å². The van der Waals surface area contributed by atoms with Crippen molar-refractivity contribution in [2.45, 2.75) is 68.9 Å². The molecule has 4 atom stereocenters. The molecular weight excluding hydrogens is 413 g/mol. The third-order valence-electron chi connectivity index (χ3n) is 4.42. The summed E-state index contributed by atoms with van der Waals surface area (Å²) in [6, 6.07) is 1.30. The Kier molecular flexibility index (Phi) is 8.54. The van der Waals surface area contributed by atoms with Crippen molar-refractivity contribution in [3.63, 3.8) is 0 Å². The molecule has 1 aliphatic heterocycles. The van der Waals surface area contributed by atoms with Crippen LogP contribution in [-0.2, 0) is 13.7 Å². The van der Waals surface area contributed by atoms with Crippen LogP contribution in [0.3, 0.4) is 0 Å². The number of aliphatic hydroxyl groups excluding tert-OH is 1. The summed E-state index contributed by atoms with van der Waals surface area (Å²) in [5.41, 5.74) is 4.59. The minimum absolute atomic E-state index is 0.0268. The Hall–Kier alpha value is -1.36. The lowest BCUT2D eigenvalue weighted by Crippen LogP contribution is -2.41. The number of aliphatic hydroxyl groups is 1. The van der Waals surface area contributed by atoms with Crippen LogP contribution in [0.1, 0.15) is 51.7 Å². The van der Waals surface area contributed by atoms with Gasteiger partial charge in [0.1, 0.15) is 11.9 Å². The molecule has 158 valence electrons. The van der Waals surface area contributed by atoms with E-state index in [1.54, 1.807) is 0 Å². The van der Waals surface area contributed by atoms with E-state index in [1.165, 1.54) is 12.3 Å². The second-order valence-corrected chi connectivity index (χ2v) is 7.88. The first kappa shape index (κ1) is 22.9. The minimum atomic E-state index is -1.98. The molecule has 0 spiro atoms. The number of halogens is 2. The van der Waals surface area contributed by atoms with E-state index in [9.17, 15) is 19.1 Å². The van der Waals surface area contributed by atoms with Crippen molar-refractivity contribution < 1.29 is 23.2 Å². The molecule has 0 radical (unpaired) electrons. The van der Waals surface area contributed by atoms with Gasteiger partial charge in [0.15, 0.2) is 17.3 Å². The molecule has 1 fully saturated rings. The summed E-state index contributed by atoms with van der Waals surface area (Å²) in [6.07, 6.45) is 1.08. The summed E-state index contributed by atoms with van der Waals surface area (Å²) < 4.78 is 26.2. The zero-order chi connectivity index (χ0) is 20.7. The summed E-state index contributed by atoms with van der Waals surface area (Å²) >= 11 is 6.37. The van der Waals surface area contributed by atoms with Crippen LogP contribution >= 0.6 is 23.6 Å². The second kappa shape index (κ2) is 10.4. The summed E-state index contributed by atoms with van der Waals surface area (Å²) in [5.74, 6) is -0.899. The minimum Gasteiger partial charge on any atom is -0.388 e. The van der Waals surface area contributed by atoms with Crippen molar-refractivity contribution in [3.05, 3.63) is 22.7 Å². The number of alkyl halides is 2. The van der Waals surface area contributed by atoms with Crippen molar-refractivity contribution >= 4 is 35.4 Å². The molecule has 0 aliphatic carbocycles. The van der Waals surface area contributed by atoms with Gasteiger partial charge in [0.05, 0.1) is 17.9 Å². The smallest absolute Gasteiger partial charge is 0.351 e. The maximum absolute atomic E-state index is 14.7. The zero-order valence-electron chi connectivity index (χ0n) is 15.6. The largest absolute Gasteiger partial charge is 0.388 e. The van der Waals surface area contributed by atoms with Crippen LogP contribution in [0.25, 0.3) is 0 Å². The van der Waals surface area contributed by atoms with E-state index in [1.807, 2.05) is 0 Å². The van der Waals surface area contributed by atoms with E-state index >= 15 is 0 Å². The van der Waals surface area contributed by atoms with Gasteiger partial charge in [-0.25, -0.2) is 9.18 Å². The van der Waals surface area contributed by atoms with Gasteiger partial charge in [0, 0.05) is 12.6 Å². The number of rotatable bonds is 10. The fourth-order valence-corrected chi connectivity index (χ4v) is 3.88. The molecule has 1 aromatic rings. The number of nitrogen functional groups attached to an aromatic ring is 1. The predicted octanol–water partition coefficient (Wildman–Crippen LogP) is 2.54. The Bertz CT molecular complexity index is 724. The van der Waals surface area contributed by atoms with Crippen molar-refractivity contribution in [1.82, 2.24) is 9.55 Å². The number of hydrogen-bond acceptors (Lipinski definition) is 8. The van der Waals surface area contributed by atoms with Crippen molar-refractivity contribution in [3.8, 4) is 0 Å². The zero-order valence-corrected chi connectivity index (χ0v) is 17.1.